The van der Waals surface area contributed by atoms with Crippen LogP contribution in [0.5, 0.6) is 0 Å². The van der Waals surface area contributed by atoms with Crippen LogP contribution < -0.4 is 0 Å². The first-order valence-corrected chi connectivity index (χ1v) is 3.04. The molecule has 0 saturated heterocycles. The van der Waals surface area contributed by atoms with Crippen LogP contribution in [-0.2, 0) is 9.88 Å². The van der Waals surface area contributed by atoms with Gasteiger partial charge in [-0.3, -0.25) is 0 Å². The smallest absolute Gasteiger partial charge is 0.124 e. The summed E-state index contributed by atoms with van der Waals surface area (Å²) in [5.74, 6) is 0. The Kier molecular flexibility index (Phi) is 5.26. The van der Waals surface area contributed by atoms with Crippen molar-refractivity contribution in [1.82, 2.24) is 5.06 Å². The molecule has 0 N–H and O–H groups in total. The summed E-state index contributed by atoms with van der Waals surface area (Å²) < 4.78 is 0. The molecule has 54 valence electrons. The Morgan fingerprint density at radius 2 is 2.00 bits per heavy atom. The standard InChI is InChI=1S/C6H13NO2/c1-4-7(5-2)9-8-6-3/h6H,3-5H2,1-2H3. The van der Waals surface area contributed by atoms with Crippen molar-refractivity contribution in [3.05, 3.63) is 12.8 Å². The van der Waals surface area contributed by atoms with Gasteiger partial charge in [-0.05, 0) is 13.8 Å². The van der Waals surface area contributed by atoms with Gasteiger partial charge >= 0.3 is 0 Å². The summed E-state index contributed by atoms with van der Waals surface area (Å²) in [5, 5.41) is 1.67. The van der Waals surface area contributed by atoms with Gasteiger partial charge in [-0.25, -0.2) is 0 Å². The zero-order valence-electron chi connectivity index (χ0n) is 5.96. The molecule has 0 unspecified atom stereocenters. The molecule has 0 atom stereocenters. The van der Waals surface area contributed by atoms with Crippen molar-refractivity contribution in [2.75, 3.05) is 13.1 Å². The van der Waals surface area contributed by atoms with Crippen molar-refractivity contribution < 1.29 is 9.88 Å². The van der Waals surface area contributed by atoms with E-state index in [-0.39, 0.29) is 0 Å². The van der Waals surface area contributed by atoms with Crippen molar-refractivity contribution in [1.29, 1.82) is 0 Å². The second-order valence-electron chi connectivity index (χ2n) is 1.45. The third-order valence-electron chi connectivity index (χ3n) is 0.922. The van der Waals surface area contributed by atoms with Gasteiger partial charge in [0.15, 0.2) is 0 Å². The molecule has 0 aromatic carbocycles. The number of hydrogen-bond donors (Lipinski definition) is 0. The molecule has 0 spiro atoms. The maximum absolute atomic E-state index is 4.70. The van der Waals surface area contributed by atoms with E-state index < -0.39 is 0 Å². The highest BCUT2D eigenvalue weighted by Crippen LogP contribution is 1.88. The van der Waals surface area contributed by atoms with Crippen molar-refractivity contribution in [3.8, 4) is 0 Å². The summed E-state index contributed by atoms with van der Waals surface area (Å²) in [6, 6.07) is 0. The first kappa shape index (κ1) is 8.46. The molecule has 0 amide bonds. The topological polar surface area (TPSA) is 21.7 Å². The number of hydroxylamine groups is 2. The van der Waals surface area contributed by atoms with Crippen LogP contribution in [0.3, 0.4) is 0 Å². The quantitative estimate of drug-likeness (QED) is 0.319. The van der Waals surface area contributed by atoms with E-state index in [9.17, 15) is 0 Å². The largest absolute Gasteiger partial charge is 0.328 e. The predicted octanol–water partition coefficient (Wildman–Crippen LogP) is 1.33. The highest BCUT2D eigenvalue weighted by atomic mass is 17.3. The molecule has 0 aliphatic heterocycles. The molecule has 0 aliphatic carbocycles. The van der Waals surface area contributed by atoms with E-state index in [0.29, 0.717) is 0 Å². The fraction of sp³-hybridized carbons (Fsp3) is 0.667. The molecule has 0 rings (SSSR count). The summed E-state index contributed by atoms with van der Waals surface area (Å²) in [6.07, 6.45) is 1.25. The predicted molar refractivity (Wildman–Crippen MR) is 35.3 cm³/mol. The van der Waals surface area contributed by atoms with Crippen LogP contribution in [0.25, 0.3) is 0 Å². The monoisotopic (exact) mass is 131 g/mol. The first-order chi connectivity index (χ1) is 4.35. The highest BCUT2D eigenvalue weighted by molar-refractivity contribution is 4.42. The third-order valence-corrected chi connectivity index (χ3v) is 0.922. The molecule has 0 aromatic heterocycles. The van der Waals surface area contributed by atoms with Gasteiger partial charge in [-0.2, -0.15) is 0 Å². The van der Waals surface area contributed by atoms with Crippen LogP contribution in [0.1, 0.15) is 13.8 Å². The van der Waals surface area contributed by atoms with Crippen LogP contribution >= 0.6 is 0 Å². The average molecular weight is 131 g/mol. The van der Waals surface area contributed by atoms with E-state index in [1.807, 2.05) is 13.8 Å². The lowest BCUT2D eigenvalue weighted by Gasteiger charge is -2.13. The number of rotatable bonds is 5. The van der Waals surface area contributed by atoms with Crippen LogP contribution in [0.2, 0.25) is 0 Å². The zero-order chi connectivity index (χ0) is 7.11. The normalized spacial score (nSPS) is 9.67. The zero-order valence-corrected chi connectivity index (χ0v) is 5.96. The van der Waals surface area contributed by atoms with Gasteiger partial charge in [0.1, 0.15) is 6.26 Å². The van der Waals surface area contributed by atoms with Crippen LogP contribution in [-0.4, -0.2) is 18.2 Å². The maximum atomic E-state index is 4.70. The molecule has 0 bridgehead atoms. The van der Waals surface area contributed by atoms with Crippen LogP contribution in [0, 0.1) is 0 Å². The summed E-state index contributed by atoms with van der Waals surface area (Å²) in [6.45, 7) is 8.91. The van der Waals surface area contributed by atoms with E-state index in [4.69, 9.17) is 4.99 Å². The molecule has 9 heavy (non-hydrogen) atoms. The fourth-order valence-electron chi connectivity index (χ4n) is 0.420. The van der Waals surface area contributed by atoms with E-state index in [2.05, 4.69) is 11.5 Å². The van der Waals surface area contributed by atoms with Gasteiger partial charge in [-0.1, -0.05) is 11.6 Å². The Bertz CT molecular complexity index is 71.5. The Labute approximate surface area is 55.7 Å². The number of hydrogen-bond acceptors (Lipinski definition) is 3. The van der Waals surface area contributed by atoms with Gasteiger partial charge < -0.3 is 4.89 Å². The molecule has 0 fully saturated rings. The Balaban J connectivity index is 3.19. The Morgan fingerprint density at radius 1 is 1.44 bits per heavy atom. The third kappa shape index (κ3) is 4.00. The van der Waals surface area contributed by atoms with Crippen molar-refractivity contribution in [3.63, 3.8) is 0 Å². The van der Waals surface area contributed by atoms with Crippen molar-refractivity contribution in [2.24, 2.45) is 0 Å². The summed E-state index contributed by atoms with van der Waals surface area (Å²) in [7, 11) is 0. The summed E-state index contributed by atoms with van der Waals surface area (Å²) in [5.41, 5.74) is 0. The van der Waals surface area contributed by atoms with Gasteiger partial charge in [0, 0.05) is 13.1 Å². The molecule has 0 saturated carbocycles. The molecule has 0 radical (unpaired) electrons. The molecule has 3 heteroatoms. The molecule has 3 nitrogen and oxygen atoms in total. The maximum Gasteiger partial charge on any atom is 0.124 e. The Morgan fingerprint density at radius 3 is 2.33 bits per heavy atom. The molecule has 0 aromatic rings. The second kappa shape index (κ2) is 5.59. The van der Waals surface area contributed by atoms with Gasteiger partial charge in [-0.15, -0.1) is 5.06 Å². The van der Waals surface area contributed by atoms with Crippen molar-refractivity contribution >= 4 is 0 Å². The Hall–Kier alpha value is -0.540. The van der Waals surface area contributed by atoms with Gasteiger partial charge in [0.05, 0.1) is 0 Å². The first-order valence-electron chi connectivity index (χ1n) is 3.04. The lowest BCUT2D eigenvalue weighted by Crippen LogP contribution is -2.22. The fourth-order valence-corrected chi connectivity index (χ4v) is 0.420. The van der Waals surface area contributed by atoms with Crippen molar-refractivity contribution in [2.45, 2.75) is 13.8 Å². The lowest BCUT2D eigenvalue weighted by atomic mass is 10.6. The van der Waals surface area contributed by atoms with E-state index in [1.165, 1.54) is 6.26 Å². The highest BCUT2D eigenvalue weighted by Gasteiger charge is 1.96. The molecular weight excluding hydrogens is 118 g/mol. The van der Waals surface area contributed by atoms with E-state index >= 15 is 0 Å². The SMILES string of the molecule is C=COON(CC)CC. The van der Waals surface area contributed by atoms with Crippen LogP contribution in [0.15, 0.2) is 12.8 Å². The minimum Gasteiger partial charge on any atom is -0.328 e. The van der Waals surface area contributed by atoms with E-state index in [1.54, 1.807) is 5.06 Å². The second-order valence-corrected chi connectivity index (χ2v) is 1.45. The minimum absolute atomic E-state index is 0.810. The summed E-state index contributed by atoms with van der Waals surface area (Å²) in [4.78, 5) is 9.17. The molecule has 0 heterocycles. The summed E-state index contributed by atoms with van der Waals surface area (Å²) >= 11 is 0. The minimum atomic E-state index is 0.810. The molecular formula is C6H13NO2. The average Bonchev–Trinajstić information content (AvgIpc) is 1.91. The lowest BCUT2D eigenvalue weighted by molar-refractivity contribution is -0.394. The van der Waals surface area contributed by atoms with Gasteiger partial charge in [0.25, 0.3) is 0 Å². The molecule has 0 aliphatic rings. The van der Waals surface area contributed by atoms with Crippen LogP contribution in [0.4, 0.5) is 0 Å². The van der Waals surface area contributed by atoms with Gasteiger partial charge in [0.2, 0.25) is 0 Å². The number of nitrogens with zero attached hydrogens (tertiary/aromatic N) is 1. The van der Waals surface area contributed by atoms with E-state index in [0.717, 1.165) is 13.1 Å².